The third-order valence-electron chi connectivity index (χ3n) is 6.86. The Morgan fingerprint density at radius 1 is 1.28 bits per heavy atom. The highest BCUT2D eigenvalue weighted by Crippen LogP contribution is 2.42. The molecule has 2 aromatic heterocycles. The summed E-state index contributed by atoms with van der Waals surface area (Å²) in [5.41, 5.74) is 2.07. The SMILES string of the molecule is Cc1ccc(C2(c3ncns3)CCN(C(=O)Nc3cc(C4CC4)ncc3C(=O)NCCO)C2)cc1F. The van der Waals surface area contributed by atoms with Gasteiger partial charge in [0.1, 0.15) is 17.2 Å². The maximum atomic E-state index is 14.5. The lowest BCUT2D eigenvalue weighted by Crippen LogP contribution is -2.38. The molecule has 9 nitrogen and oxygen atoms in total. The van der Waals surface area contributed by atoms with Crippen molar-refractivity contribution in [2.24, 2.45) is 0 Å². The van der Waals surface area contributed by atoms with E-state index in [2.05, 4.69) is 25.0 Å². The van der Waals surface area contributed by atoms with E-state index in [1.165, 1.54) is 30.1 Å². The molecule has 0 spiro atoms. The number of aliphatic hydroxyl groups excluding tert-OH is 1. The largest absolute Gasteiger partial charge is 0.395 e. The summed E-state index contributed by atoms with van der Waals surface area (Å²) in [6, 6.07) is 6.54. The van der Waals surface area contributed by atoms with Crippen LogP contribution in [0.4, 0.5) is 14.9 Å². The van der Waals surface area contributed by atoms with Crippen LogP contribution >= 0.6 is 11.5 Å². The van der Waals surface area contributed by atoms with Crippen LogP contribution in [0.15, 0.2) is 36.8 Å². The third-order valence-corrected chi connectivity index (χ3v) is 7.72. The van der Waals surface area contributed by atoms with Gasteiger partial charge in [-0.2, -0.15) is 4.37 Å². The van der Waals surface area contributed by atoms with Crippen molar-refractivity contribution < 1.29 is 19.1 Å². The van der Waals surface area contributed by atoms with Gasteiger partial charge in [0.15, 0.2) is 0 Å². The van der Waals surface area contributed by atoms with E-state index in [1.54, 1.807) is 24.0 Å². The highest BCUT2D eigenvalue weighted by molar-refractivity contribution is 7.05. The van der Waals surface area contributed by atoms with E-state index < -0.39 is 11.3 Å². The predicted octanol–water partition coefficient (Wildman–Crippen LogP) is 3.20. The predicted molar refractivity (Wildman–Crippen MR) is 133 cm³/mol. The molecule has 0 radical (unpaired) electrons. The normalized spacial score (nSPS) is 19.4. The highest BCUT2D eigenvalue weighted by Gasteiger charge is 2.45. The number of benzene rings is 1. The van der Waals surface area contributed by atoms with Crippen molar-refractivity contribution in [2.75, 3.05) is 31.6 Å². The number of anilines is 1. The van der Waals surface area contributed by atoms with E-state index >= 15 is 0 Å². The molecule has 1 unspecified atom stereocenters. The molecular formula is C25H27FN6O3S. The van der Waals surface area contributed by atoms with Gasteiger partial charge in [-0.1, -0.05) is 12.1 Å². The number of carbonyl (C=O) groups excluding carboxylic acids is 2. The van der Waals surface area contributed by atoms with Crippen LogP contribution in [-0.2, 0) is 5.41 Å². The Labute approximate surface area is 211 Å². The van der Waals surface area contributed by atoms with Gasteiger partial charge in [-0.3, -0.25) is 9.78 Å². The smallest absolute Gasteiger partial charge is 0.321 e. The van der Waals surface area contributed by atoms with Gasteiger partial charge in [-0.25, -0.2) is 14.2 Å². The summed E-state index contributed by atoms with van der Waals surface area (Å²) in [4.78, 5) is 36.6. The molecule has 1 aromatic carbocycles. The number of rotatable bonds is 7. The molecular weight excluding hydrogens is 483 g/mol. The average molecular weight is 511 g/mol. The van der Waals surface area contributed by atoms with Crippen molar-refractivity contribution in [3.63, 3.8) is 0 Å². The van der Waals surface area contributed by atoms with Crippen LogP contribution in [0, 0.1) is 12.7 Å². The zero-order valence-electron chi connectivity index (χ0n) is 19.8. The number of nitrogens with one attached hydrogen (secondary N) is 2. The lowest BCUT2D eigenvalue weighted by Gasteiger charge is -2.28. The first-order chi connectivity index (χ1) is 17.4. The Hall–Kier alpha value is -3.44. The number of pyridine rings is 1. The minimum atomic E-state index is -0.675. The van der Waals surface area contributed by atoms with Crippen molar-refractivity contribution in [1.82, 2.24) is 24.6 Å². The van der Waals surface area contributed by atoms with Gasteiger partial charge in [0, 0.05) is 37.4 Å². The lowest BCUT2D eigenvalue weighted by atomic mass is 9.80. The standard InChI is InChI=1S/C25H27FN6O3S/c1-15-2-5-17(10-19(15)26)25(23-29-14-30-36-23)6-8-32(13-25)24(35)31-21-11-20(16-3-4-16)28-12-18(21)22(34)27-7-9-33/h2,5,10-12,14,16,33H,3-4,6-9,13H2,1H3,(H,27,34)(H,28,31,35). The van der Waals surface area contributed by atoms with Gasteiger partial charge < -0.3 is 20.6 Å². The van der Waals surface area contributed by atoms with Crippen LogP contribution in [0.3, 0.4) is 0 Å². The average Bonchev–Trinajstić information content (AvgIpc) is 3.37. The highest BCUT2D eigenvalue weighted by atomic mass is 32.1. The van der Waals surface area contributed by atoms with Gasteiger partial charge in [0.25, 0.3) is 5.91 Å². The molecule has 3 aromatic rings. The van der Waals surface area contributed by atoms with Crippen LogP contribution in [0.25, 0.3) is 0 Å². The summed E-state index contributed by atoms with van der Waals surface area (Å²) in [5, 5.41) is 15.3. The van der Waals surface area contributed by atoms with Crippen LogP contribution in [0.2, 0.25) is 0 Å². The first kappa shape index (κ1) is 24.3. The van der Waals surface area contributed by atoms with E-state index in [4.69, 9.17) is 5.11 Å². The van der Waals surface area contributed by atoms with E-state index in [1.807, 2.05) is 6.07 Å². The third kappa shape index (κ3) is 4.68. The molecule has 3 heterocycles. The summed E-state index contributed by atoms with van der Waals surface area (Å²) in [7, 11) is 0. The molecule has 3 amide bonds. The number of urea groups is 1. The summed E-state index contributed by atoms with van der Waals surface area (Å²) < 4.78 is 18.7. The minimum absolute atomic E-state index is 0.0974. The molecule has 11 heteroatoms. The number of hydrogen-bond donors (Lipinski definition) is 3. The minimum Gasteiger partial charge on any atom is -0.395 e. The molecule has 1 saturated heterocycles. The number of carbonyl (C=O) groups is 2. The quantitative estimate of drug-likeness (QED) is 0.449. The number of nitrogens with zero attached hydrogens (tertiary/aromatic N) is 4. The topological polar surface area (TPSA) is 120 Å². The maximum Gasteiger partial charge on any atom is 0.321 e. The summed E-state index contributed by atoms with van der Waals surface area (Å²) in [5.74, 6) is -0.389. The Kier molecular flexibility index (Phi) is 6.67. The van der Waals surface area contributed by atoms with Gasteiger partial charge >= 0.3 is 6.03 Å². The molecule has 36 heavy (non-hydrogen) atoms. The number of likely N-dealkylation sites (tertiary alicyclic amines) is 1. The van der Waals surface area contributed by atoms with Crippen LogP contribution in [0.5, 0.6) is 0 Å². The molecule has 1 aliphatic heterocycles. The van der Waals surface area contributed by atoms with Crippen LogP contribution < -0.4 is 10.6 Å². The maximum absolute atomic E-state index is 14.5. The fourth-order valence-electron chi connectivity index (χ4n) is 4.61. The molecule has 5 rings (SSSR count). The molecule has 1 aliphatic carbocycles. The lowest BCUT2D eigenvalue weighted by molar-refractivity contribution is 0.0945. The van der Waals surface area contributed by atoms with Crippen molar-refractivity contribution >= 4 is 29.2 Å². The Bertz CT molecular complexity index is 1280. The number of aliphatic hydroxyl groups is 1. The Morgan fingerprint density at radius 3 is 2.81 bits per heavy atom. The number of aryl methyl sites for hydroxylation is 1. The second kappa shape index (κ2) is 9.90. The molecule has 3 N–H and O–H groups in total. The number of aromatic nitrogens is 3. The fraction of sp³-hybridized carbons (Fsp3) is 0.400. The van der Waals surface area contributed by atoms with Crippen LogP contribution in [0.1, 0.15) is 57.4 Å². The zero-order chi connectivity index (χ0) is 25.3. The Morgan fingerprint density at radius 2 is 2.11 bits per heavy atom. The van der Waals surface area contributed by atoms with Gasteiger partial charge in [-0.05, 0) is 61.0 Å². The van der Waals surface area contributed by atoms with Crippen molar-refractivity contribution in [2.45, 2.75) is 37.5 Å². The molecule has 188 valence electrons. The first-order valence-corrected chi connectivity index (χ1v) is 12.7. The molecule has 2 fully saturated rings. The van der Waals surface area contributed by atoms with E-state index in [9.17, 15) is 14.0 Å². The van der Waals surface area contributed by atoms with Gasteiger partial charge in [0.05, 0.1) is 23.3 Å². The van der Waals surface area contributed by atoms with E-state index in [0.29, 0.717) is 36.7 Å². The van der Waals surface area contributed by atoms with Crippen molar-refractivity contribution in [3.8, 4) is 0 Å². The Balaban J connectivity index is 1.41. The number of halogens is 1. The van der Waals surface area contributed by atoms with Gasteiger partial charge in [0.2, 0.25) is 0 Å². The van der Waals surface area contributed by atoms with Crippen molar-refractivity contribution in [3.05, 3.63) is 70.0 Å². The van der Waals surface area contributed by atoms with Crippen LogP contribution in [-0.4, -0.2) is 62.5 Å². The summed E-state index contributed by atoms with van der Waals surface area (Å²) in [6.45, 7) is 2.34. The molecule has 0 bridgehead atoms. The second-order valence-electron chi connectivity index (χ2n) is 9.30. The molecule has 1 atom stereocenters. The fourth-order valence-corrected chi connectivity index (χ4v) is 5.36. The number of amides is 3. The first-order valence-electron chi connectivity index (χ1n) is 11.9. The van der Waals surface area contributed by atoms with Crippen molar-refractivity contribution in [1.29, 1.82) is 0 Å². The van der Waals surface area contributed by atoms with Gasteiger partial charge in [-0.15, -0.1) is 0 Å². The molecule has 2 aliphatic rings. The summed E-state index contributed by atoms with van der Waals surface area (Å²) in [6.07, 6.45) is 5.56. The monoisotopic (exact) mass is 510 g/mol. The van der Waals surface area contributed by atoms with E-state index in [0.717, 1.165) is 29.1 Å². The zero-order valence-corrected chi connectivity index (χ0v) is 20.6. The van der Waals surface area contributed by atoms with E-state index in [-0.39, 0.29) is 30.6 Å². The number of hydrogen-bond acceptors (Lipinski definition) is 7. The molecule has 1 saturated carbocycles. The summed E-state index contributed by atoms with van der Waals surface area (Å²) >= 11 is 1.24. The second-order valence-corrected chi connectivity index (χ2v) is 10.1.